The number of carboxylic acid groups (broad SMARTS) is 1. The molecule has 2 heterocycles. The topological polar surface area (TPSA) is 75.1 Å². The SMILES string of the molecule is CC1(C)CC1c1nc2c(c(C(=O)O)n1)CCNC2. The van der Waals surface area contributed by atoms with Crippen LogP contribution in [0.5, 0.6) is 0 Å². The number of fused-ring (bicyclic) bond motifs is 1. The van der Waals surface area contributed by atoms with E-state index in [4.69, 9.17) is 0 Å². The van der Waals surface area contributed by atoms with Gasteiger partial charge >= 0.3 is 5.97 Å². The van der Waals surface area contributed by atoms with Crippen LogP contribution in [0.2, 0.25) is 0 Å². The first kappa shape index (κ1) is 11.6. The van der Waals surface area contributed by atoms with E-state index in [1.165, 1.54) is 0 Å². The Bertz CT molecular complexity index is 525. The summed E-state index contributed by atoms with van der Waals surface area (Å²) in [7, 11) is 0. The van der Waals surface area contributed by atoms with E-state index in [0.29, 0.717) is 24.7 Å². The minimum atomic E-state index is -0.935. The lowest BCUT2D eigenvalue weighted by Crippen LogP contribution is -2.28. The summed E-state index contributed by atoms with van der Waals surface area (Å²) in [6.45, 7) is 5.78. The second kappa shape index (κ2) is 3.75. The Morgan fingerprint density at radius 1 is 1.44 bits per heavy atom. The largest absolute Gasteiger partial charge is 0.477 e. The maximum Gasteiger partial charge on any atom is 0.354 e. The van der Waals surface area contributed by atoms with Crippen molar-refractivity contribution in [1.82, 2.24) is 15.3 Å². The number of carboxylic acids is 1. The molecule has 0 amide bonds. The molecule has 1 unspecified atom stereocenters. The zero-order valence-corrected chi connectivity index (χ0v) is 10.7. The van der Waals surface area contributed by atoms with Crippen LogP contribution in [0.15, 0.2) is 0 Å². The number of hydrogen-bond acceptors (Lipinski definition) is 4. The molecule has 2 N–H and O–H groups in total. The fourth-order valence-electron chi connectivity index (χ4n) is 2.62. The highest BCUT2D eigenvalue weighted by Gasteiger charge is 2.49. The minimum absolute atomic E-state index is 0.208. The Balaban J connectivity index is 2.07. The molecule has 1 fully saturated rings. The summed E-state index contributed by atoms with van der Waals surface area (Å²) in [6, 6.07) is 0. The van der Waals surface area contributed by atoms with Gasteiger partial charge < -0.3 is 10.4 Å². The van der Waals surface area contributed by atoms with Gasteiger partial charge in [-0.2, -0.15) is 0 Å². The molecule has 1 aromatic rings. The van der Waals surface area contributed by atoms with E-state index in [2.05, 4.69) is 29.1 Å². The zero-order chi connectivity index (χ0) is 12.9. The standard InChI is InChI=1S/C13H17N3O2/c1-13(2)5-8(13)11-15-9-6-14-4-3-7(9)10(16-11)12(17)18/h8,14H,3-6H2,1-2H3,(H,17,18). The number of nitrogens with zero attached hydrogens (tertiary/aromatic N) is 2. The smallest absolute Gasteiger partial charge is 0.354 e. The van der Waals surface area contributed by atoms with Gasteiger partial charge in [0.25, 0.3) is 0 Å². The van der Waals surface area contributed by atoms with Crippen molar-refractivity contribution in [2.45, 2.75) is 39.2 Å². The third-order valence-corrected chi connectivity index (χ3v) is 3.98. The van der Waals surface area contributed by atoms with Crippen molar-refractivity contribution in [2.24, 2.45) is 5.41 Å². The van der Waals surface area contributed by atoms with E-state index in [1.807, 2.05) is 0 Å². The molecule has 0 spiro atoms. The Morgan fingerprint density at radius 2 is 2.17 bits per heavy atom. The highest BCUT2D eigenvalue weighted by Crippen LogP contribution is 2.57. The van der Waals surface area contributed by atoms with Gasteiger partial charge in [0.05, 0.1) is 5.69 Å². The van der Waals surface area contributed by atoms with Crippen LogP contribution < -0.4 is 5.32 Å². The maximum absolute atomic E-state index is 11.3. The molecule has 2 aliphatic rings. The summed E-state index contributed by atoms with van der Waals surface area (Å²) in [5.41, 5.74) is 2.10. The van der Waals surface area contributed by atoms with Gasteiger partial charge in [0, 0.05) is 18.0 Å². The van der Waals surface area contributed by atoms with Gasteiger partial charge in [0.2, 0.25) is 0 Å². The molecule has 5 heteroatoms. The van der Waals surface area contributed by atoms with Gasteiger partial charge in [0.15, 0.2) is 5.69 Å². The molecule has 1 atom stereocenters. The molecule has 96 valence electrons. The van der Waals surface area contributed by atoms with Gasteiger partial charge in [-0.25, -0.2) is 14.8 Å². The monoisotopic (exact) mass is 247 g/mol. The van der Waals surface area contributed by atoms with Crippen molar-refractivity contribution in [3.8, 4) is 0 Å². The molecule has 0 radical (unpaired) electrons. The van der Waals surface area contributed by atoms with Crippen molar-refractivity contribution in [2.75, 3.05) is 6.54 Å². The lowest BCUT2D eigenvalue weighted by Gasteiger charge is -2.18. The van der Waals surface area contributed by atoms with Crippen molar-refractivity contribution in [3.63, 3.8) is 0 Å². The van der Waals surface area contributed by atoms with Gasteiger partial charge in [0.1, 0.15) is 5.82 Å². The lowest BCUT2D eigenvalue weighted by atomic mass is 10.0. The molecule has 3 rings (SSSR count). The third-order valence-electron chi connectivity index (χ3n) is 3.98. The van der Waals surface area contributed by atoms with Crippen LogP contribution in [0.25, 0.3) is 0 Å². The van der Waals surface area contributed by atoms with Crippen molar-refractivity contribution in [3.05, 3.63) is 22.8 Å². The first-order valence-corrected chi connectivity index (χ1v) is 6.33. The second-order valence-corrected chi connectivity index (χ2v) is 5.83. The van der Waals surface area contributed by atoms with Crippen LogP contribution >= 0.6 is 0 Å². The van der Waals surface area contributed by atoms with Gasteiger partial charge in [-0.15, -0.1) is 0 Å². The highest BCUT2D eigenvalue weighted by molar-refractivity contribution is 5.87. The Hall–Kier alpha value is -1.49. The predicted octanol–water partition coefficient (Wildman–Crippen LogP) is 1.33. The number of rotatable bonds is 2. The number of aromatic carboxylic acids is 1. The van der Waals surface area contributed by atoms with Crippen LogP contribution in [0, 0.1) is 5.41 Å². The molecule has 1 aliphatic heterocycles. The van der Waals surface area contributed by atoms with Crippen LogP contribution in [0.3, 0.4) is 0 Å². The molecule has 1 aliphatic carbocycles. The molecule has 5 nitrogen and oxygen atoms in total. The summed E-state index contributed by atoms with van der Waals surface area (Å²) < 4.78 is 0. The van der Waals surface area contributed by atoms with E-state index in [0.717, 1.165) is 24.2 Å². The number of hydrogen-bond donors (Lipinski definition) is 2. The molecule has 1 saturated carbocycles. The number of carbonyl (C=O) groups is 1. The van der Waals surface area contributed by atoms with Gasteiger partial charge in [-0.05, 0) is 24.8 Å². The molecule has 0 aromatic carbocycles. The predicted molar refractivity (Wildman–Crippen MR) is 65.5 cm³/mol. The quantitative estimate of drug-likeness (QED) is 0.824. The fourth-order valence-corrected chi connectivity index (χ4v) is 2.62. The van der Waals surface area contributed by atoms with Crippen LogP contribution in [0.4, 0.5) is 0 Å². The Labute approximate surface area is 106 Å². The summed E-state index contributed by atoms with van der Waals surface area (Å²) in [5.74, 6) is 0.0814. The molecule has 18 heavy (non-hydrogen) atoms. The van der Waals surface area contributed by atoms with E-state index in [-0.39, 0.29) is 11.1 Å². The Morgan fingerprint density at radius 3 is 2.78 bits per heavy atom. The lowest BCUT2D eigenvalue weighted by molar-refractivity contribution is 0.0688. The van der Waals surface area contributed by atoms with Crippen molar-refractivity contribution < 1.29 is 9.90 Å². The van der Waals surface area contributed by atoms with Gasteiger partial charge in [-0.1, -0.05) is 13.8 Å². The van der Waals surface area contributed by atoms with Crippen LogP contribution in [-0.4, -0.2) is 27.6 Å². The van der Waals surface area contributed by atoms with Crippen LogP contribution in [0.1, 0.15) is 53.8 Å². The normalized spacial score (nSPS) is 24.4. The average molecular weight is 247 g/mol. The average Bonchev–Trinajstić information content (AvgIpc) is 2.97. The fraction of sp³-hybridized carbons (Fsp3) is 0.615. The summed E-state index contributed by atoms with van der Waals surface area (Å²) in [6.07, 6.45) is 1.74. The third kappa shape index (κ3) is 1.79. The maximum atomic E-state index is 11.3. The van der Waals surface area contributed by atoms with E-state index < -0.39 is 5.97 Å². The molecule has 0 saturated heterocycles. The van der Waals surface area contributed by atoms with E-state index in [9.17, 15) is 9.90 Å². The number of aromatic nitrogens is 2. The zero-order valence-electron chi connectivity index (χ0n) is 10.7. The van der Waals surface area contributed by atoms with Gasteiger partial charge in [-0.3, -0.25) is 0 Å². The summed E-state index contributed by atoms with van der Waals surface area (Å²) in [4.78, 5) is 20.2. The van der Waals surface area contributed by atoms with Crippen molar-refractivity contribution >= 4 is 5.97 Å². The second-order valence-electron chi connectivity index (χ2n) is 5.83. The summed E-state index contributed by atoms with van der Waals surface area (Å²) in [5, 5.41) is 12.5. The van der Waals surface area contributed by atoms with E-state index in [1.54, 1.807) is 0 Å². The first-order chi connectivity index (χ1) is 8.49. The Kier molecular flexibility index (Phi) is 2.41. The highest BCUT2D eigenvalue weighted by atomic mass is 16.4. The summed E-state index contributed by atoms with van der Waals surface area (Å²) >= 11 is 0. The molecule has 1 aromatic heterocycles. The van der Waals surface area contributed by atoms with E-state index >= 15 is 0 Å². The minimum Gasteiger partial charge on any atom is -0.477 e. The molecule has 0 bridgehead atoms. The molecular formula is C13H17N3O2. The van der Waals surface area contributed by atoms with Crippen molar-refractivity contribution in [1.29, 1.82) is 0 Å². The molecular weight excluding hydrogens is 230 g/mol. The number of nitrogens with one attached hydrogen (secondary N) is 1. The van der Waals surface area contributed by atoms with Crippen LogP contribution in [-0.2, 0) is 13.0 Å². The first-order valence-electron chi connectivity index (χ1n) is 6.33.